The van der Waals surface area contributed by atoms with Crippen LogP contribution in [0.1, 0.15) is 36.1 Å². The van der Waals surface area contributed by atoms with Crippen molar-refractivity contribution in [2.24, 2.45) is 0 Å². The van der Waals surface area contributed by atoms with Crippen molar-refractivity contribution < 1.29 is 9.90 Å². The van der Waals surface area contributed by atoms with Crippen LogP contribution in [0.5, 0.6) is 0 Å². The molecule has 0 bridgehead atoms. The van der Waals surface area contributed by atoms with Gasteiger partial charge in [-0.3, -0.25) is 9.69 Å². The minimum Gasteiger partial charge on any atom is -0.396 e. The van der Waals surface area contributed by atoms with E-state index < -0.39 is 0 Å². The smallest absolute Gasteiger partial charge is 0.234 e. The van der Waals surface area contributed by atoms with E-state index >= 15 is 0 Å². The molecule has 5 heteroatoms. The number of nitrogens with one attached hydrogen (secondary N) is 1. The average molecular weight is 296 g/mol. The van der Waals surface area contributed by atoms with E-state index in [4.69, 9.17) is 5.11 Å². The van der Waals surface area contributed by atoms with Gasteiger partial charge in [0, 0.05) is 17.5 Å². The van der Waals surface area contributed by atoms with Crippen LogP contribution in [0.25, 0.3) is 0 Å². The molecule has 112 valence electrons. The molecular weight excluding hydrogens is 272 g/mol. The van der Waals surface area contributed by atoms with Gasteiger partial charge >= 0.3 is 0 Å². The second-order valence-electron chi connectivity index (χ2n) is 5.44. The highest BCUT2D eigenvalue weighted by atomic mass is 32.1. The fourth-order valence-corrected chi connectivity index (χ4v) is 3.61. The Hall–Kier alpha value is -0.910. The van der Waals surface area contributed by atoms with E-state index in [0.717, 1.165) is 32.2 Å². The number of carbonyl (C=O) groups is 1. The first-order chi connectivity index (χ1) is 9.70. The Labute approximate surface area is 124 Å². The molecule has 0 aromatic carbocycles. The highest BCUT2D eigenvalue weighted by Gasteiger charge is 2.25. The number of hydrogen-bond acceptors (Lipinski definition) is 4. The minimum absolute atomic E-state index is 0.105. The van der Waals surface area contributed by atoms with E-state index in [0.29, 0.717) is 19.1 Å². The average Bonchev–Trinajstić information content (AvgIpc) is 3.03. The third-order valence-electron chi connectivity index (χ3n) is 3.96. The maximum atomic E-state index is 12.0. The predicted molar refractivity (Wildman–Crippen MR) is 81.8 cm³/mol. The molecular formula is C15H24N2O2S. The number of aliphatic hydroxyl groups excluding tert-OH is 1. The third kappa shape index (κ3) is 4.30. The zero-order chi connectivity index (χ0) is 14.4. The Balaban J connectivity index is 1.74. The first kappa shape index (κ1) is 15.5. The number of amides is 1. The number of nitrogens with zero attached hydrogens (tertiary/aromatic N) is 1. The summed E-state index contributed by atoms with van der Waals surface area (Å²) in [6.45, 7) is 4.44. The van der Waals surface area contributed by atoms with E-state index in [1.165, 1.54) is 10.4 Å². The molecule has 1 aliphatic rings. The van der Waals surface area contributed by atoms with Crippen molar-refractivity contribution in [1.29, 1.82) is 0 Å². The molecule has 1 amide bonds. The third-order valence-corrected chi connectivity index (χ3v) is 4.98. The topological polar surface area (TPSA) is 52.6 Å². The van der Waals surface area contributed by atoms with Crippen molar-refractivity contribution in [3.05, 3.63) is 21.9 Å². The number of rotatable bonds is 7. The molecule has 20 heavy (non-hydrogen) atoms. The summed E-state index contributed by atoms with van der Waals surface area (Å²) in [5.74, 6) is 0.105. The van der Waals surface area contributed by atoms with Gasteiger partial charge in [0.25, 0.3) is 0 Å². The molecule has 0 spiro atoms. The first-order valence-corrected chi connectivity index (χ1v) is 8.23. The second kappa shape index (κ2) is 7.76. The zero-order valence-corrected chi connectivity index (χ0v) is 12.9. The first-order valence-electron chi connectivity index (χ1n) is 7.35. The molecule has 0 aliphatic carbocycles. The van der Waals surface area contributed by atoms with Gasteiger partial charge in [0.1, 0.15) is 0 Å². The maximum absolute atomic E-state index is 12.0. The van der Waals surface area contributed by atoms with Crippen LogP contribution in [-0.4, -0.2) is 41.7 Å². The van der Waals surface area contributed by atoms with Gasteiger partial charge in [-0.15, -0.1) is 11.3 Å². The SMILES string of the molecule is Cc1ccsc1CNC(=O)CN1CCC[C@@H]1CCCO. The molecule has 1 aromatic rings. The highest BCUT2D eigenvalue weighted by molar-refractivity contribution is 7.10. The summed E-state index contributed by atoms with van der Waals surface area (Å²) < 4.78 is 0. The minimum atomic E-state index is 0.105. The van der Waals surface area contributed by atoms with Gasteiger partial charge in [0.2, 0.25) is 5.91 Å². The lowest BCUT2D eigenvalue weighted by atomic mass is 10.1. The number of thiophene rings is 1. The lowest BCUT2D eigenvalue weighted by Crippen LogP contribution is -2.39. The fourth-order valence-electron chi connectivity index (χ4n) is 2.76. The molecule has 4 nitrogen and oxygen atoms in total. The molecule has 2 N–H and O–H groups in total. The number of aryl methyl sites for hydroxylation is 1. The molecule has 0 radical (unpaired) electrons. The van der Waals surface area contributed by atoms with E-state index in [1.54, 1.807) is 11.3 Å². The van der Waals surface area contributed by atoms with Crippen LogP contribution < -0.4 is 5.32 Å². The fraction of sp³-hybridized carbons (Fsp3) is 0.667. The summed E-state index contributed by atoms with van der Waals surface area (Å²) >= 11 is 1.69. The van der Waals surface area contributed by atoms with Crippen LogP contribution >= 0.6 is 11.3 Å². The van der Waals surface area contributed by atoms with Crippen LogP contribution in [-0.2, 0) is 11.3 Å². The molecule has 2 heterocycles. The number of carbonyl (C=O) groups excluding carboxylic acids is 1. The summed E-state index contributed by atoms with van der Waals surface area (Å²) in [7, 11) is 0. The largest absolute Gasteiger partial charge is 0.396 e. The molecule has 1 atom stereocenters. The molecule has 1 aliphatic heterocycles. The second-order valence-corrected chi connectivity index (χ2v) is 6.44. The van der Waals surface area contributed by atoms with Crippen LogP contribution in [0.15, 0.2) is 11.4 Å². The molecule has 0 saturated carbocycles. The summed E-state index contributed by atoms with van der Waals surface area (Å²) in [5.41, 5.74) is 1.25. The Kier molecular flexibility index (Phi) is 6.01. The van der Waals surface area contributed by atoms with Crippen LogP contribution in [0.2, 0.25) is 0 Å². The number of likely N-dealkylation sites (tertiary alicyclic amines) is 1. The van der Waals surface area contributed by atoms with Crippen molar-refractivity contribution in [1.82, 2.24) is 10.2 Å². The normalized spacial score (nSPS) is 19.4. The summed E-state index contributed by atoms with van der Waals surface area (Å²) in [5, 5.41) is 14.0. The van der Waals surface area contributed by atoms with E-state index in [1.807, 2.05) is 0 Å². The molecule has 1 saturated heterocycles. The lowest BCUT2D eigenvalue weighted by Gasteiger charge is -2.23. The van der Waals surface area contributed by atoms with Crippen molar-refractivity contribution in [3.63, 3.8) is 0 Å². The summed E-state index contributed by atoms with van der Waals surface area (Å²) in [6, 6.07) is 2.55. The molecule has 1 aromatic heterocycles. The summed E-state index contributed by atoms with van der Waals surface area (Å²) in [6.07, 6.45) is 4.13. The predicted octanol–water partition coefficient (Wildman–Crippen LogP) is 1.91. The van der Waals surface area contributed by atoms with Crippen LogP contribution in [0.3, 0.4) is 0 Å². The van der Waals surface area contributed by atoms with E-state index in [2.05, 4.69) is 28.6 Å². The van der Waals surface area contributed by atoms with E-state index in [-0.39, 0.29) is 12.5 Å². The van der Waals surface area contributed by atoms with Gasteiger partial charge in [0.05, 0.1) is 13.1 Å². The zero-order valence-electron chi connectivity index (χ0n) is 12.1. The molecule has 0 unspecified atom stereocenters. The monoisotopic (exact) mass is 296 g/mol. The van der Waals surface area contributed by atoms with Crippen molar-refractivity contribution in [3.8, 4) is 0 Å². The standard InChI is InChI=1S/C15H24N2O2S/c1-12-6-9-20-14(12)10-16-15(19)11-17-7-2-4-13(17)5-3-8-18/h6,9,13,18H,2-5,7-8,10-11H2,1H3,(H,16,19)/t13-/m1/s1. The quantitative estimate of drug-likeness (QED) is 0.808. The van der Waals surface area contributed by atoms with Gasteiger partial charge in [0.15, 0.2) is 0 Å². The summed E-state index contributed by atoms with van der Waals surface area (Å²) in [4.78, 5) is 15.5. The molecule has 1 fully saturated rings. The Morgan fingerprint density at radius 3 is 3.15 bits per heavy atom. The number of aliphatic hydroxyl groups is 1. The van der Waals surface area contributed by atoms with Gasteiger partial charge in [-0.2, -0.15) is 0 Å². The van der Waals surface area contributed by atoms with Crippen molar-refractivity contribution in [2.75, 3.05) is 19.7 Å². The highest BCUT2D eigenvalue weighted by Crippen LogP contribution is 2.20. The van der Waals surface area contributed by atoms with Gasteiger partial charge in [-0.25, -0.2) is 0 Å². The Morgan fingerprint density at radius 1 is 1.60 bits per heavy atom. The van der Waals surface area contributed by atoms with Crippen LogP contribution in [0.4, 0.5) is 0 Å². The van der Waals surface area contributed by atoms with Gasteiger partial charge < -0.3 is 10.4 Å². The van der Waals surface area contributed by atoms with E-state index in [9.17, 15) is 4.79 Å². The molecule has 2 rings (SSSR count). The van der Waals surface area contributed by atoms with Crippen LogP contribution in [0, 0.1) is 6.92 Å². The van der Waals surface area contributed by atoms with Gasteiger partial charge in [-0.1, -0.05) is 0 Å². The maximum Gasteiger partial charge on any atom is 0.234 e. The van der Waals surface area contributed by atoms with Gasteiger partial charge in [-0.05, 0) is 56.2 Å². The Morgan fingerprint density at radius 2 is 2.45 bits per heavy atom. The van der Waals surface area contributed by atoms with Crippen molar-refractivity contribution >= 4 is 17.2 Å². The van der Waals surface area contributed by atoms with Crippen molar-refractivity contribution in [2.45, 2.75) is 45.2 Å². The number of hydrogen-bond donors (Lipinski definition) is 2. The Bertz CT molecular complexity index is 433. The lowest BCUT2D eigenvalue weighted by molar-refractivity contribution is -0.122.